The first-order valence-corrected chi connectivity index (χ1v) is 12.5. The van der Waals surface area contributed by atoms with Crippen molar-refractivity contribution in [1.29, 1.82) is 0 Å². The number of carbonyl (C=O) groups excluding carboxylic acids is 2. The summed E-state index contributed by atoms with van der Waals surface area (Å²) in [6, 6.07) is 10.3. The van der Waals surface area contributed by atoms with Crippen LogP contribution in [0.3, 0.4) is 0 Å². The smallest absolute Gasteiger partial charge is 0.243 e. The number of rotatable bonds is 8. The summed E-state index contributed by atoms with van der Waals surface area (Å²) in [7, 11) is 0. The summed E-state index contributed by atoms with van der Waals surface area (Å²) in [5.74, 6) is -0.382. The Balaban J connectivity index is 1.48. The number of amides is 2. The molecule has 1 fully saturated rings. The monoisotopic (exact) mass is 490 g/mol. The Morgan fingerprint density at radius 2 is 1.94 bits per heavy atom. The molecule has 190 valence electrons. The predicted octanol–water partition coefficient (Wildman–Crippen LogP) is 3.93. The molecule has 1 aliphatic heterocycles. The van der Waals surface area contributed by atoms with Gasteiger partial charge in [-0.3, -0.25) is 14.6 Å². The number of aliphatic hydroxyl groups is 1. The van der Waals surface area contributed by atoms with Gasteiger partial charge in [0.1, 0.15) is 17.7 Å². The van der Waals surface area contributed by atoms with E-state index < -0.39 is 18.0 Å². The summed E-state index contributed by atoms with van der Waals surface area (Å²) in [6.45, 7) is 8.04. The van der Waals surface area contributed by atoms with Crippen molar-refractivity contribution in [2.24, 2.45) is 5.92 Å². The second kappa shape index (κ2) is 11.0. The van der Waals surface area contributed by atoms with Gasteiger partial charge >= 0.3 is 0 Å². The molecule has 0 aliphatic carbocycles. The molecule has 4 rings (SSSR count). The molecule has 0 radical (unpaired) electrons. The van der Waals surface area contributed by atoms with Crippen LogP contribution in [0.1, 0.15) is 61.2 Å². The molecule has 0 saturated carbocycles. The minimum absolute atomic E-state index is 0.0127. The van der Waals surface area contributed by atoms with E-state index in [2.05, 4.69) is 15.5 Å². The number of hydrogen-bond acceptors (Lipinski definition) is 6. The third-order valence-electron chi connectivity index (χ3n) is 6.89. The van der Waals surface area contributed by atoms with E-state index >= 15 is 0 Å². The molecule has 8 nitrogen and oxygen atoms in total. The van der Waals surface area contributed by atoms with Crippen molar-refractivity contribution < 1.29 is 19.2 Å². The van der Waals surface area contributed by atoms with E-state index in [1.54, 1.807) is 17.2 Å². The van der Waals surface area contributed by atoms with Crippen LogP contribution >= 0.6 is 0 Å². The van der Waals surface area contributed by atoms with E-state index in [0.29, 0.717) is 18.7 Å². The largest absolute Gasteiger partial charge is 0.394 e. The minimum Gasteiger partial charge on any atom is -0.394 e. The fourth-order valence-electron chi connectivity index (χ4n) is 4.91. The molecular weight excluding hydrogens is 456 g/mol. The van der Waals surface area contributed by atoms with Crippen LogP contribution in [0.5, 0.6) is 0 Å². The lowest BCUT2D eigenvalue weighted by atomic mass is 9.91. The summed E-state index contributed by atoms with van der Waals surface area (Å²) >= 11 is 0. The lowest BCUT2D eigenvalue weighted by Gasteiger charge is -2.30. The Labute approximate surface area is 211 Å². The molecule has 3 atom stereocenters. The van der Waals surface area contributed by atoms with Gasteiger partial charge in [-0.2, -0.15) is 0 Å². The van der Waals surface area contributed by atoms with Crippen molar-refractivity contribution in [2.45, 2.75) is 58.5 Å². The van der Waals surface area contributed by atoms with Gasteiger partial charge in [-0.1, -0.05) is 43.3 Å². The highest BCUT2D eigenvalue weighted by atomic mass is 16.5. The van der Waals surface area contributed by atoms with Gasteiger partial charge in [0.25, 0.3) is 0 Å². The van der Waals surface area contributed by atoms with Gasteiger partial charge in [0.15, 0.2) is 0 Å². The van der Waals surface area contributed by atoms with Gasteiger partial charge in [0.05, 0.1) is 18.3 Å². The molecule has 0 unspecified atom stereocenters. The second-order valence-electron chi connectivity index (χ2n) is 9.84. The van der Waals surface area contributed by atoms with E-state index in [1.807, 2.05) is 64.2 Å². The summed E-state index contributed by atoms with van der Waals surface area (Å²) < 4.78 is 5.42. The van der Waals surface area contributed by atoms with Crippen LogP contribution in [-0.2, 0) is 9.59 Å². The lowest BCUT2D eigenvalue weighted by Crippen LogP contribution is -2.49. The molecule has 2 aromatic heterocycles. The van der Waals surface area contributed by atoms with Crippen LogP contribution in [0.4, 0.5) is 0 Å². The molecule has 8 heteroatoms. The molecule has 36 heavy (non-hydrogen) atoms. The van der Waals surface area contributed by atoms with Gasteiger partial charge < -0.3 is 19.8 Å². The Morgan fingerprint density at radius 1 is 1.19 bits per heavy atom. The highest BCUT2D eigenvalue weighted by Gasteiger charge is 2.40. The highest BCUT2D eigenvalue weighted by Crippen LogP contribution is 2.31. The molecular formula is C28H34N4O4. The number of hydrogen-bond donors (Lipinski definition) is 2. The van der Waals surface area contributed by atoms with E-state index in [9.17, 15) is 14.7 Å². The maximum Gasteiger partial charge on any atom is 0.243 e. The predicted molar refractivity (Wildman–Crippen MR) is 136 cm³/mol. The van der Waals surface area contributed by atoms with Gasteiger partial charge in [0, 0.05) is 30.6 Å². The molecule has 2 N–H and O–H groups in total. The average Bonchev–Trinajstić information content (AvgIpc) is 3.52. The Kier molecular flexibility index (Phi) is 7.84. The van der Waals surface area contributed by atoms with Crippen LogP contribution in [-0.4, -0.2) is 51.2 Å². The number of benzene rings is 1. The zero-order chi connectivity index (χ0) is 25.8. The molecule has 0 spiro atoms. The molecule has 0 bridgehead atoms. The zero-order valence-electron chi connectivity index (χ0n) is 21.3. The number of nitrogens with one attached hydrogen (secondary N) is 1. The third-order valence-corrected chi connectivity index (χ3v) is 6.89. The van der Waals surface area contributed by atoms with Crippen LogP contribution < -0.4 is 5.32 Å². The Bertz CT molecular complexity index is 1200. The number of nitrogens with zero attached hydrogens (tertiary/aromatic N) is 3. The lowest BCUT2D eigenvalue weighted by molar-refractivity contribution is -0.141. The van der Waals surface area contributed by atoms with Crippen molar-refractivity contribution in [3.05, 3.63) is 71.4 Å². The number of likely N-dealkylation sites (tertiary alicyclic amines) is 1. The maximum atomic E-state index is 13.5. The zero-order valence-corrected chi connectivity index (χ0v) is 21.3. The van der Waals surface area contributed by atoms with Crippen LogP contribution in [0, 0.1) is 19.8 Å². The van der Waals surface area contributed by atoms with E-state index in [-0.39, 0.29) is 24.3 Å². The number of aromatic nitrogens is 2. The van der Waals surface area contributed by atoms with Crippen molar-refractivity contribution in [2.75, 3.05) is 13.2 Å². The third kappa shape index (κ3) is 5.33. The van der Waals surface area contributed by atoms with Gasteiger partial charge in [-0.25, -0.2) is 0 Å². The van der Waals surface area contributed by atoms with Crippen molar-refractivity contribution in [1.82, 2.24) is 20.4 Å². The summed E-state index contributed by atoms with van der Waals surface area (Å²) in [5.41, 5.74) is 4.69. The van der Waals surface area contributed by atoms with E-state index in [4.69, 9.17) is 4.52 Å². The van der Waals surface area contributed by atoms with Crippen molar-refractivity contribution in [3.8, 4) is 11.1 Å². The standard InChI is InChI=1S/C28H34N4O4/c1-17(2)26(25-14-19(4)31-36-25)28(35)32-13-5-6-24(32)27(34)30-23(16-33)21-9-7-20(8-10-21)22-15-29-12-11-18(22)3/h7-12,14-15,17,23-24,26,33H,5-6,13,16H2,1-4H3,(H,30,34)/t23-,24-,26+/m0/s1. The maximum absolute atomic E-state index is 13.5. The fourth-order valence-corrected chi connectivity index (χ4v) is 4.91. The number of pyridine rings is 1. The Morgan fingerprint density at radius 3 is 2.56 bits per heavy atom. The normalized spacial score (nSPS) is 17.3. The fraction of sp³-hybridized carbons (Fsp3) is 0.429. The SMILES string of the molecule is Cc1cc([C@H](C(=O)N2CCC[C@H]2C(=O)N[C@@H](CO)c2ccc(-c3cnccc3C)cc2)C(C)C)on1. The number of aliphatic hydroxyl groups excluding tert-OH is 1. The van der Waals surface area contributed by atoms with Crippen molar-refractivity contribution >= 4 is 11.8 Å². The van der Waals surface area contributed by atoms with Crippen LogP contribution in [0.15, 0.2) is 53.3 Å². The van der Waals surface area contributed by atoms with Crippen LogP contribution in [0.2, 0.25) is 0 Å². The average molecular weight is 491 g/mol. The first kappa shape index (κ1) is 25.6. The summed E-state index contributed by atoms with van der Waals surface area (Å²) in [6.07, 6.45) is 4.91. The van der Waals surface area contributed by atoms with Crippen LogP contribution in [0.25, 0.3) is 11.1 Å². The molecule has 2 amide bonds. The number of carbonyl (C=O) groups is 2. The van der Waals surface area contributed by atoms with Gasteiger partial charge in [-0.05, 0) is 55.4 Å². The molecule has 1 aromatic carbocycles. The molecule has 1 saturated heterocycles. The van der Waals surface area contributed by atoms with Gasteiger partial charge in [-0.15, -0.1) is 0 Å². The first-order valence-electron chi connectivity index (χ1n) is 12.5. The molecule has 3 heterocycles. The highest BCUT2D eigenvalue weighted by molar-refractivity contribution is 5.91. The summed E-state index contributed by atoms with van der Waals surface area (Å²) in [5, 5.41) is 17.0. The van der Waals surface area contributed by atoms with E-state index in [0.717, 1.165) is 34.4 Å². The molecule has 3 aromatic rings. The second-order valence-corrected chi connectivity index (χ2v) is 9.84. The Hall–Kier alpha value is -3.52. The van der Waals surface area contributed by atoms with Gasteiger partial charge in [0.2, 0.25) is 11.8 Å². The first-order chi connectivity index (χ1) is 17.3. The summed E-state index contributed by atoms with van der Waals surface area (Å²) in [4.78, 5) is 32.7. The molecule has 1 aliphatic rings. The van der Waals surface area contributed by atoms with Crippen molar-refractivity contribution in [3.63, 3.8) is 0 Å². The van der Waals surface area contributed by atoms with E-state index in [1.165, 1.54) is 0 Å². The quantitative estimate of drug-likeness (QED) is 0.495. The topological polar surface area (TPSA) is 109 Å². The minimum atomic E-state index is -0.589. The number of aryl methyl sites for hydroxylation is 2.